The number of imidazole rings is 1. The Labute approximate surface area is 146 Å². The molecule has 3 heterocycles. The molecule has 0 unspecified atom stereocenters. The monoisotopic (exact) mass is 341 g/mol. The number of nitrogens with one attached hydrogen (secondary N) is 1. The second-order valence-corrected chi connectivity index (χ2v) is 7.41. The number of hydrogen-bond donors (Lipinski definition) is 1. The molecule has 4 rings (SSSR count). The molecule has 1 fully saturated rings. The number of aromatic nitrogens is 3. The Morgan fingerprint density at radius 2 is 2.12 bits per heavy atom. The van der Waals surface area contributed by atoms with E-state index >= 15 is 0 Å². The molecule has 0 amide bonds. The van der Waals surface area contributed by atoms with Crippen LogP contribution in [0.1, 0.15) is 24.2 Å². The third-order valence-electron chi connectivity index (χ3n) is 4.86. The fourth-order valence-corrected chi connectivity index (χ4v) is 4.10. The second kappa shape index (κ2) is 6.53. The maximum atomic E-state index is 4.79. The van der Waals surface area contributed by atoms with E-state index in [9.17, 15) is 0 Å². The van der Waals surface area contributed by atoms with Gasteiger partial charge in [0, 0.05) is 37.8 Å². The summed E-state index contributed by atoms with van der Waals surface area (Å²) in [5, 5.41) is 6.89. The van der Waals surface area contributed by atoms with Gasteiger partial charge in [0.05, 0.1) is 17.6 Å². The van der Waals surface area contributed by atoms with Crippen molar-refractivity contribution >= 4 is 27.5 Å². The SMILES string of the molecule is Cc1ccc2c(c1)nc(CNC1CCN(c3nccs3)CC1)n2C. The lowest BCUT2D eigenvalue weighted by atomic mass is 10.1. The molecule has 5 nitrogen and oxygen atoms in total. The van der Waals surface area contributed by atoms with Gasteiger partial charge in [0.1, 0.15) is 5.82 Å². The smallest absolute Gasteiger partial charge is 0.185 e. The van der Waals surface area contributed by atoms with Gasteiger partial charge in [0.2, 0.25) is 0 Å². The van der Waals surface area contributed by atoms with Crippen LogP contribution in [-0.2, 0) is 13.6 Å². The topological polar surface area (TPSA) is 46.0 Å². The predicted molar refractivity (Wildman–Crippen MR) is 99.6 cm³/mol. The molecule has 0 saturated carbocycles. The first kappa shape index (κ1) is 15.6. The number of piperidine rings is 1. The number of fused-ring (bicyclic) bond motifs is 1. The van der Waals surface area contributed by atoms with Crippen molar-refractivity contribution in [2.45, 2.75) is 32.4 Å². The largest absolute Gasteiger partial charge is 0.348 e. The molecule has 1 aliphatic heterocycles. The van der Waals surface area contributed by atoms with Crippen LogP contribution in [0.25, 0.3) is 11.0 Å². The summed E-state index contributed by atoms with van der Waals surface area (Å²) in [7, 11) is 2.10. The van der Waals surface area contributed by atoms with Gasteiger partial charge in [0.25, 0.3) is 0 Å². The van der Waals surface area contributed by atoms with Gasteiger partial charge < -0.3 is 14.8 Å². The molecule has 0 spiro atoms. The molecule has 1 aromatic carbocycles. The molecular weight excluding hydrogens is 318 g/mol. The number of rotatable bonds is 4. The van der Waals surface area contributed by atoms with Crippen LogP contribution >= 0.6 is 11.3 Å². The normalized spacial score (nSPS) is 16.2. The van der Waals surface area contributed by atoms with E-state index in [1.807, 2.05) is 11.6 Å². The third kappa shape index (κ3) is 3.03. The van der Waals surface area contributed by atoms with Gasteiger partial charge in [-0.15, -0.1) is 11.3 Å². The van der Waals surface area contributed by atoms with E-state index in [2.05, 4.69) is 51.9 Å². The van der Waals surface area contributed by atoms with Crippen LogP contribution in [0, 0.1) is 6.92 Å². The van der Waals surface area contributed by atoms with E-state index in [1.165, 1.54) is 11.1 Å². The summed E-state index contributed by atoms with van der Waals surface area (Å²) < 4.78 is 2.20. The number of aryl methyl sites for hydroxylation is 2. The van der Waals surface area contributed by atoms with Gasteiger partial charge in [0.15, 0.2) is 5.13 Å². The zero-order valence-corrected chi connectivity index (χ0v) is 15.0. The van der Waals surface area contributed by atoms with E-state index in [-0.39, 0.29) is 0 Å². The molecule has 6 heteroatoms. The molecule has 126 valence electrons. The van der Waals surface area contributed by atoms with E-state index in [4.69, 9.17) is 4.98 Å². The molecule has 3 aromatic rings. The highest BCUT2D eigenvalue weighted by Crippen LogP contribution is 2.22. The molecule has 1 aliphatic rings. The fraction of sp³-hybridized carbons (Fsp3) is 0.444. The van der Waals surface area contributed by atoms with Crippen molar-refractivity contribution in [1.29, 1.82) is 0 Å². The lowest BCUT2D eigenvalue weighted by molar-refractivity contribution is 0.408. The Hall–Kier alpha value is -1.92. The van der Waals surface area contributed by atoms with Gasteiger partial charge in [-0.25, -0.2) is 9.97 Å². The van der Waals surface area contributed by atoms with Crippen molar-refractivity contribution in [3.05, 3.63) is 41.2 Å². The Balaban J connectivity index is 1.37. The summed E-state index contributed by atoms with van der Waals surface area (Å²) in [6, 6.07) is 7.02. The maximum absolute atomic E-state index is 4.79. The minimum atomic E-state index is 0.558. The van der Waals surface area contributed by atoms with Crippen molar-refractivity contribution < 1.29 is 0 Å². The van der Waals surface area contributed by atoms with Gasteiger partial charge in [-0.05, 0) is 37.5 Å². The molecule has 0 aliphatic carbocycles. The first-order valence-electron chi connectivity index (χ1n) is 8.50. The van der Waals surface area contributed by atoms with Crippen molar-refractivity contribution in [2.75, 3.05) is 18.0 Å². The molecular formula is C18H23N5S. The quantitative estimate of drug-likeness (QED) is 0.792. The Morgan fingerprint density at radius 1 is 1.29 bits per heavy atom. The summed E-state index contributed by atoms with van der Waals surface area (Å²) in [4.78, 5) is 11.6. The van der Waals surface area contributed by atoms with Crippen LogP contribution in [0.2, 0.25) is 0 Å². The zero-order chi connectivity index (χ0) is 16.5. The highest BCUT2D eigenvalue weighted by atomic mass is 32.1. The number of hydrogen-bond acceptors (Lipinski definition) is 5. The van der Waals surface area contributed by atoms with E-state index in [0.717, 1.165) is 48.9 Å². The van der Waals surface area contributed by atoms with Crippen LogP contribution in [0.15, 0.2) is 29.8 Å². The zero-order valence-electron chi connectivity index (χ0n) is 14.2. The Kier molecular flexibility index (Phi) is 4.24. The van der Waals surface area contributed by atoms with Crippen LogP contribution in [0.4, 0.5) is 5.13 Å². The van der Waals surface area contributed by atoms with Gasteiger partial charge in [-0.2, -0.15) is 0 Å². The van der Waals surface area contributed by atoms with Crippen LogP contribution in [-0.4, -0.2) is 33.7 Å². The van der Waals surface area contributed by atoms with E-state index in [0.29, 0.717) is 6.04 Å². The molecule has 1 saturated heterocycles. The van der Waals surface area contributed by atoms with Crippen molar-refractivity contribution in [3.8, 4) is 0 Å². The lowest BCUT2D eigenvalue weighted by Gasteiger charge is -2.32. The van der Waals surface area contributed by atoms with Crippen LogP contribution in [0.3, 0.4) is 0 Å². The van der Waals surface area contributed by atoms with Crippen molar-refractivity contribution in [3.63, 3.8) is 0 Å². The molecule has 2 aromatic heterocycles. The fourth-order valence-electron chi connectivity index (χ4n) is 3.40. The van der Waals surface area contributed by atoms with Crippen LogP contribution < -0.4 is 10.2 Å². The summed E-state index contributed by atoms with van der Waals surface area (Å²) in [5.41, 5.74) is 3.55. The Morgan fingerprint density at radius 3 is 2.88 bits per heavy atom. The maximum Gasteiger partial charge on any atom is 0.185 e. The number of benzene rings is 1. The highest BCUT2D eigenvalue weighted by molar-refractivity contribution is 7.13. The minimum Gasteiger partial charge on any atom is -0.348 e. The second-order valence-electron chi connectivity index (χ2n) is 6.54. The van der Waals surface area contributed by atoms with Crippen molar-refractivity contribution in [2.24, 2.45) is 7.05 Å². The summed E-state index contributed by atoms with van der Waals surface area (Å²) in [5.74, 6) is 1.11. The van der Waals surface area contributed by atoms with Gasteiger partial charge in [-0.3, -0.25) is 0 Å². The number of thiazole rings is 1. The molecule has 0 atom stereocenters. The number of anilines is 1. The average molecular weight is 341 g/mol. The molecule has 0 radical (unpaired) electrons. The van der Waals surface area contributed by atoms with Crippen LogP contribution in [0.5, 0.6) is 0 Å². The molecule has 1 N–H and O–H groups in total. The molecule has 24 heavy (non-hydrogen) atoms. The van der Waals surface area contributed by atoms with E-state index < -0.39 is 0 Å². The van der Waals surface area contributed by atoms with E-state index in [1.54, 1.807) is 11.3 Å². The van der Waals surface area contributed by atoms with Gasteiger partial charge in [-0.1, -0.05) is 6.07 Å². The minimum absolute atomic E-state index is 0.558. The molecule has 0 bridgehead atoms. The first-order chi connectivity index (χ1) is 11.7. The summed E-state index contributed by atoms with van der Waals surface area (Å²) >= 11 is 1.73. The highest BCUT2D eigenvalue weighted by Gasteiger charge is 2.20. The predicted octanol–water partition coefficient (Wildman–Crippen LogP) is 3.10. The van der Waals surface area contributed by atoms with Crippen molar-refractivity contribution in [1.82, 2.24) is 19.9 Å². The number of nitrogens with zero attached hydrogens (tertiary/aromatic N) is 4. The summed E-state index contributed by atoms with van der Waals surface area (Å²) in [6.45, 7) is 5.09. The average Bonchev–Trinajstić information content (AvgIpc) is 3.22. The van der Waals surface area contributed by atoms with Gasteiger partial charge >= 0.3 is 0 Å². The Bertz CT molecular complexity index is 815. The standard InChI is InChI=1S/C18H23N5S/c1-13-3-4-16-15(11-13)21-17(22(16)2)12-20-14-5-8-23(9-6-14)18-19-7-10-24-18/h3-4,7,10-11,14,20H,5-6,8-9,12H2,1-2H3. The first-order valence-corrected chi connectivity index (χ1v) is 9.38. The lowest BCUT2D eigenvalue weighted by Crippen LogP contribution is -2.42. The third-order valence-corrected chi connectivity index (χ3v) is 5.69. The summed E-state index contributed by atoms with van der Waals surface area (Å²) in [6.07, 6.45) is 4.20.